The maximum Gasteiger partial charge on any atom is 0.415 e. The van der Waals surface area contributed by atoms with Gasteiger partial charge in [-0.25, -0.2) is 9.18 Å². The Bertz CT molecular complexity index is 1150. The number of carbonyl (C=O) groups is 1. The van der Waals surface area contributed by atoms with Gasteiger partial charge in [-0.1, -0.05) is 12.1 Å². The zero-order valence-electron chi connectivity index (χ0n) is 18.9. The Morgan fingerprint density at radius 1 is 1.12 bits per heavy atom. The molecule has 7 nitrogen and oxygen atoms in total. The molecule has 34 heavy (non-hydrogen) atoms. The third kappa shape index (κ3) is 4.82. The van der Waals surface area contributed by atoms with Crippen LogP contribution in [-0.4, -0.2) is 40.0 Å². The highest BCUT2D eigenvalue weighted by atomic mass is 35.5. The lowest BCUT2D eigenvalue weighted by molar-refractivity contribution is 0.0148. The number of aryl methyl sites for hydroxylation is 1. The quantitative estimate of drug-likeness (QED) is 0.523. The first kappa shape index (κ1) is 23.9. The molecule has 1 aliphatic heterocycles. The minimum absolute atomic E-state index is 0. The molecule has 3 heterocycles. The van der Waals surface area contributed by atoms with Gasteiger partial charge < -0.3 is 10.1 Å². The molecular formula is C25H27ClFN5O2. The predicted molar refractivity (Wildman–Crippen MR) is 131 cm³/mol. The fraction of sp³-hybridized carbons (Fsp3) is 0.360. The first-order valence-electron chi connectivity index (χ1n) is 11.3. The van der Waals surface area contributed by atoms with E-state index in [9.17, 15) is 9.18 Å². The third-order valence-corrected chi connectivity index (χ3v) is 6.64. The molecule has 178 valence electrons. The lowest BCUT2D eigenvalue weighted by atomic mass is 9.78. The zero-order valence-corrected chi connectivity index (χ0v) is 19.7. The first-order valence-corrected chi connectivity index (χ1v) is 11.3. The molecule has 9 heteroatoms. The molecule has 5 rings (SSSR count). The Kier molecular flexibility index (Phi) is 6.97. The van der Waals surface area contributed by atoms with Gasteiger partial charge in [0.15, 0.2) is 0 Å². The van der Waals surface area contributed by atoms with E-state index in [1.165, 1.54) is 6.07 Å². The lowest BCUT2D eigenvalue weighted by Gasteiger charge is -2.35. The molecule has 1 spiro atoms. The summed E-state index contributed by atoms with van der Waals surface area (Å²) in [6, 6.07) is 13.9. The fourth-order valence-electron chi connectivity index (χ4n) is 4.73. The molecule has 1 aliphatic carbocycles. The van der Waals surface area contributed by atoms with Crippen LogP contribution >= 0.6 is 12.4 Å². The lowest BCUT2D eigenvalue weighted by Crippen LogP contribution is -2.39. The van der Waals surface area contributed by atoms with Crippen LogP contribution in [0.5, 0.6) is 0 Å². The number of aromatic nitrogens is 3. The number of amides is 1. The number of pyridine rings is 1. The van der Waals surface area contributed by atoms with Crippen molar-refractivity contribution in [1.82, 2.24) is 15.2 Å². The number of benzene rings is 1. The van der Waals surface area contributed by atoms with Crippen LogP contribution in [-0.2, 0) is 4.74 Å². The highest BCUT2D eigenvalue weighted by Gasteiger charge is 2.47. The Morgan fingerprint density at radius 2 is 1.91 bits per heavy atom. The Balaban J connectivity index is 0.00000274. The monoisotopic (exact) mass is 483 g/mol. The number of anilines is 2. The molecule has 0 radical (unpaired) electrons. The van der Waals surface area contributed by atoms with Crippen LogP contribution in [0.25, 0.3) is 11.3 Å². The van der Waals surface area contributed by atoms with E-state index in [1.807, 2.05) is 25.1 Å². The van der Waals surface area contributed by atoms with Crippen molar-refractivity contribution in [2.75, 3.05) is 23.3 Å². The summed E-state index contributed by atoms with van der Waals surface area (Å²) < 4.78 is 19.8. The predicted octanol–water partition coefficient (Wildman–Crippen LogP) is 5.41. The van der Waals surface area contributed by atoms with E-state index in [4.69, 9.17) is 4.74 Å². The number of halogens is 2. The van der Waals surface area contributed by atoms with Crippen LogP contribution in [0, 0.1) is 18.7 Å². The molecule has 0 atom stereocenters. The summed E-state index contributed by atoms with van der Waals surface area (Å²) in [4.78, 5) is 18.6. The normalized spacial score (nSPS) is 21.8. The first-order chi connectivity index (χ1) is 16.0. The SMILES string of the molecule is Cc1ncccc1N1CC2(CCC(CNc3ccc(-c4ccccc4F)nn3)CC2)OC1=O.Cl. The summed E-state index contributed by atoms with van der Waals surface area (Å²) in [6.45, 7) is 3.24. The van der Waals surface area contributed by atoms with Gasteiger partial charge in [0.25, 0.3) is 0 Å². The molecule has 0 unspecified atom stereocenters. The molecule has 1 N–H and O–H groups in total. The molecule has 2 aliphatic rings. The van der Waals surface area contributed by atoms with E-state index in [1.54, 1.807) is 35.4 Å². The number of nitrogens with zero attached hydrogens (tertiary/aromatic N) is 4. The van der Waals surface area contributed by atoms with Crippen molar-refractivity contribution in [2.45, 2.75) is 38.2 Å². The third-order valence-electron chi connectivity index (χ3n) is 6.64. The number of hydrogen-bond donors (Lipinski definition) is 1. The Morgan fingerprint density at radius 3 is 2.62 bits per heavy atom. The van der Waals surface area contributed by atoms with Gasteiger partial charge in [-0.2, -0.15) is 0 Å². The van der Waals surface area contributed by atoms with E-state index in [0.717, 1.165) is 43.6 Å². The van der Waals surface area contributed by atoms with Crippen molar-refractivity contribution in [1.29, 1.82) is 0 Å². The van der Waals surface area contributed by atoms with E-state index >= 15 is 0 Å². The minimum Gasteiger partial charge on any atom is -0.441 e. The standard InChI is InChI=1S/C25H26FN5O2.ClH/c1-17-22(7-4-14-27-17)31-16-25(33-24(31)32)12-10-18(11-13-25)15-28-23-9-8-21(29-30-23)19-5-2-3-6-20(19)26;/h2-9,14,18H,10-13,15-16H2,1H3,(H,28,30);1H. The molecule has 2 fully saturated rings. The van der Waals surface area contributed by atoms with Gasteiger partial charge in [0.1, 0.15) is 17.2 Å². The largest absolute Gasteiger partial charge is 0.441 e. The van der Waals surface area contributed by atoms with Gasteiger partial charge in [-0.15, -0.1) is 22.6 Å². The maximum atomic E-state index is 13.9. The number of rotatable bonds is 5. The summed E-state index contributed by atoms with van der Waals surface area (Å²) >= 11 is 0. The van der Waals surface area contributed by atoms with E-state index < -0.39 is 5.60 Å². The van der Waals surface area contributed by atoms with E-state index in [0.29, 0.717) is 29.5 Å². The summed E-state index contributed by atoms with van der Waals surface area (Å²) in [5.41, 5.74) is 2.18. The molecule has 1 saturated carbocycles. The highest BCUT2D eigenvalue weighted by molar-refractivity contribution is 5.90. The highest BCUT2D eigenvalue weighted by Crippen LogP contribution is 2.41. The number of hydrogen-bond acceptors (Lipinski definition) is 6. The van der Waals surface area contributed by atoms with Crippen molar-refractivity contribution in [3.05, 3.63) is 66.2 Å². The van der Waals surface area contributed by atoms with E-state index in [-0.39, 0.29) is 24.3 Å². The van der Waals surface area contributed by atoms with Crippen LogP contribution in [0.4, 0.5) is 20.7 Å². The second-order valence-corrected chi connectivity index (χ2v) is 8.85. The second kappa shape index (κ2) is 9.93. The van der Waals surface area contributed by atoms with Gasteiger partial charge in [0, 0.05) is 18.3 Å². The summed E-state index contributed by atoms with van der Waals surface area (Å²) in [6.07, 6.45) is 5.03. The van der Waals surface area contributed by atoms with Crippen molar-refractivity contribution in [2.24, 2.45) is 5.92 Å². The molecule has 2 aromatic heterocycles. The zero-order chi connectivity index (χ0) is 22.8. The van der Waals surface area contributed by atoms with Gasteiger partial charge >= 0.3 is 6.09 Å². The number of carbonyl (C=O) groups excluding carboxylic acids is 1. The van der Waals surface area contributed by atoms with E-state index in [2.05, 4.69) is 20.5 Å². The molecular weight excluding hydrogens is 457 g/mol. The minimum atomic E-state index is -0.420. The smallest absolute Gasteiger partial charge is 0.415 e. The molecule has 1 amide bonds. The molecule has 3 aromatic rings. The topological polar surface area (TPSA) is 80.2 Å². The summed E-state index contributed by atoms with van der Waals surface area (Å²) in [5.74, 6) is 0.811. The second-order valence-electron chi connectivity index (χ2n) is 8.85. The molecule has 1 saturated heterocycles. The fourth-order valence-corrected chi connectivity index (χ4v) is 4.73. The van der Waals surface area contributed by atoms with Crippen LogP contribution in [0.1, 0.15) is 31.4 Å². The molecule has 0 bridgehead atoms. The Hall–Kier alpha value is -3.26. The number of ether oxygens (including phenoxy) is 1. The summed E-state index contributed by atoms with van der Waals surface area (Å²) in [7, 11) is 0. The van der Waals surface area contributed by atoms with Crippen LogP contribution < -0.4 is 10.2 Å². The van der Waals surface area contributed by atoms with Gasteiger partial charge in [0.2, 0.25) is 0 Å². The summed E-state index contributed by atoms with van der Waals surface area (Å²) in [5, 5.41) is 11.7. The average molecular weight is 484 g/mol. The Labute approximate surface area is 204 Å². The van der Waals surface area contributed by atoms with Crippen molar-refractivity contribution >= 4 is 30.0 Å². The average Bonchev–Trinajstić information content (AvgIpc) is 3.15. The van der Waals surface area contributed by atoms with Gasteiger partial charge in [-0.3, -0.25) is 9.88 Å². The molecule has 1 aromatic carbocycles. The number of nitrogens with one attached hydrogen (secondary N) is 1. The van der Waals surface area contributed by atoms with Gasteiger partial charge in [0.05, 0.1) is 23.6 Å². The maximum absolute atomic E-state index is 13.9. The van der Waals surface area contributed by atoms with Crippen molar-refractivity contribution < 1.29 is 13.9 Å². The van der Waals surface area contributed by atoms with Crippen LogP contribution in [0.15, 0.2) is 54.7 Å². The van der Waals surface area contributed by atoms with Gasteiger partial charge in [-0.05, 0) is 74.9 Å². The van der Waals surface area contributed by atoms with Crippen molar-refractivity contribution in [3.63, 3.8) is 0 Å². The van der Waals surface area contributed by atoms with Crippen LogP contribution in [0.3, 0.4) is 0 Å². The van der Waals surface area contributed by atoms with Crippen molar-refractivity contribution in [3.8, 4) is 11.3 Å². The van der Waals surface area contributed by atoms with Crippen LogP contribution in [0.2, 0.25) is 0 Å².